The van der Waals surface area contributed by atoms with Crippen molar-refractivity contribution in [1.29, 1.82) is 0 Å². The number of nitrogens with one attached hydrogen (secondary N) is 1. The van der Waals surface area contributed by atoms with Crippen LogP contribution in [0.5, 0.6) is 0 Å². The molecule has 1 aromatic rings. The summed E-state index contributed by atoms with van der Waals surface area (Å²) in [6.45, 7) is 4.24. The SMILES string of the molecule is Cc1cnnc(NC(C)C2CC2)c1. The van der Waals surface area contributed by atoms with Crippen molar-refractivity contribution in [3.8, 4) is 0 Å². The molecular formula is C10H15N3. The van der Waals surface area contributed by atoms with E-state index in [1.54, 1.807) is 6.20 Å². The van der Waals surface area contributed by atoms with Gasteiger partial charge >= 0.3 is 0 Å². The van der Waals surface area contributed by atoms with E-state index >= 15 is 0 Å². The fraction of sp³-hybridized carbons (Fsp3) is 0.600. The Morgan fingerprint density at radius 2 is 2.31 bits per heavy atom. The molecule has 1 aliphatic rings. The lowest BCUT2D eigenvalue weighted by Gasteiger charge is -2.12. The zero-order valence-corrected chi connectivity index (χ0v) is 8.12. The van der Waals surface area contributed by atoms with Crippen LogP contribution in [0.2, 0.25) is 0 Å². The number of aryl methyl sites for hydroxylation is 1. The summed E-state index contributed by atoms with van der Waals surface area (Å²) in [4.78, 5) is 0. The van der Waals surface area contributed by atoms with Gasteiger partial charge in [0.1, 0.15) is 5.82 Å². The van der Waals surface area contributed by atoms with Crippen LogP contribution in [0, 0.1) is 12.8 Å². The molecule has 1 saturated carbocycles. The molecule has 0 aromatic carbocycles. The number of hydrogen-bond donors (Lipinski definition) is 1. The van der Waals surface area contributed by atoms with Gasteiger partial charge in [0.25, 0.3) is 0 Å². The van der Waals surface area contributed by atoms with Crippen molar-refractivity contribution in [2.45, 2.75) is 32.7 Å². The number of aromatic nitrogens is 2. The van der Waals surface area contributed by atoms with Gasteiger partial charge in [-0.15, -0.1) is 5.10 Å². The van der Waals surface area contributed by atoms with E-state index in [2.05, 4.69) is 22.4 Å². The van der Waals surface area contributed by atoms with E-state index in [1.165, 1.54) is 12.8 Å². The first kappa shape index (κ1) is 8.48. The third kappa shape index (κ3) is 2.17. The van der Waals surface area contributed by atoms with Crippen LogP contribution in [0.1, 0.15) is 25.3 Å². The van der Waals surface area contributed by atoms with E-state index < -0.39 is 0 Å². The first-order valence-electron chi connectivity index (χ1n) is 4.81. The first-order chi connectivity index (χ1) is 6.25. The van der Waals surface area contributed by atoms with Crippen LogP contribution < -0.4 is 5.32 Å². The van der Waals surface area contributed by atoms with Crippen molar-refractivity contribution in [1.82, 2.24) is 10.2 Å². The zero-order valence-electron chi connectivity index (χ0n) is 8.12. The highest BCUT2D eigenvalue weighted by Crippen LogP contribution is 2.33. The highest BCUT2D eigenvalue weighted by atomic mass is 15.2. The van der Waals surface area contributed by atoms with Crippen molar-refractivity contribution in [2.24, 2.45) is 5.92 Å². The van der Waals surface area contributed by atoms with Gasteiger partial charge in [-0.2, -0.15) is 5.10 Å². The molecule has 0 aliphatic heterocycles. The molecule has 1 atom stereocenters. The number of hydrogen-bond acceptors (Lipinski definition) is 3. The molecule has 1 heterocycles. The molecule has 13 heavy (non-hydrogen) atoms. The Bertz CT molecular complexity index is 294. The lowest BCUT2D eigenvalue weighted by atomic mass is 10.2. The van der Waals surface area contributed by atoms with Gasteiger partial charge in [0.15, 0.2) is 0 Å². The Kier molecular flexibility index (Phi) is 2.17. The second kappa shape index (κ2) is 3.32. The van der Waals surface area contributed by atoms with Gasteiger partial charge in [-0.1, -0.05) is 0 Å². The molecule has 3 nitrogen and oxygen atoms in total. The predicted octanol–water partition coefficient (Wildman–Crippen LogP) is 2.00. The highest BCUT2D eigenvalue weighted by Gasteiger charge is 2.27. The fourth-order valence-electron chi connectivity index (χ4n) is 1.48. The summed E-state index contributed by atoms with van der Waals surface area (Å²) in [6.07, 6.45) is 4.48. The van der Waals surface area contributed by atoms with E-state index in [9.17, 15) is 0 Å². The monoisotopic (exact) mass is 177 g/mol. The largest absolute Gasteiger partial charge is 0.366 e. The average molecular weight is 177 g/mol. The van der Waals surface area contributed by atoms with Gasteiger partial charge in [0.2, 0.25) is 0 Å². The zero-order chi connectivity index (χ0) is 9.26. The van der Waals surface area contributed by atoms with Crippen molar-refractivity contribution < 1.29 is 0 Å². The Labute approximate surface area is 78.6 Å². The summed E-state index contributed by atoms with van der Waals surface area (Å²) in [5, 5.41) is 11.3. The number of rotatable bonds is 3. The van der Waals surface area contributed by atoms with Crippen LogP contribution in [0.4, 0.5) is 5.82 Å². The van der Waals surface area contributed by atoms with Crippen molar-refractivity contribution in [3.63, 3.8) is 0 Å². The maximum Gasteiger partial charge on any atom is 0.149 e. The van der Waals surface area contributed by atoms with Crippen LogP contribution in [0.3, 0.4) is 0 Å². The molecule has 2 rings (SSSR count). The molecule has 0 bridgehead atoms. The van der Waals surface area contributed by atoms with Crippen LogP contribution in [0.15, 0.2) is 12.3 Å². The normalized spacial score (nSPS) is 18.3. The second-order valence-electron chi connectivity index (χ2n) is 3.89. The first-order valence-corrected chi connectivity index (χ1v) is 4.81. The number of nitrogens with zero attached hydrogens (tertiary/aromatic N) is 2. The summed E-state index contributed by atoms with van der Waals surface area (Å²) in [5.74, 6) is 1.75. The minimum absolute atomic E-state index is 0.538. The van der Waals surface area contributed by atoms with Gasteiger partial charge in [-0.05, 0) is 44.2 Å². The summed E-state index contributed by atoms with van der Waals surface area (Å²) in [7, 11) is 0. The van der Waals surface area contributed by atoms with Gasteiger partial charge in [-0.3, -0.25) is 0 Å². The molecule has 1 aliphatic carbocycles. The van der Waals surface area contributed by atoms with Crippen molar-refractivity contribution in [3.05, 3.63) is 17.8 Å². The Morgan fingerprint density at radius 3 is 2.92 bits per heavy atom. The van der Waals surface area contributed by atoms with Gasteiger partial charge in [-0.25, -0.2) is 0 Å². The number of anilines is 1. The lowest BCUT2D eigenvalue weighted by molar-refractivity contribution is 0.688. The molecule has 1 N–H and O–H groups in total. The molecule has 0 spiro atoms. The summed E-state index contributed by atoms with van der Waals surface area (Å²) < 4.78 is 0. The minimum Gasteiger partial charge on any atom is -0.366 e. The quantitative estimate of drug-likeness (QED) is 0.767. The Hall–Kier alpha value is -1.12. The van der Waals surface area contributed by atoms with Crippen LogP contribution >= 0.6 is 0 Å². The standard InChI is InChI=1S/C10H15N3/c1-7-5-10(13-11-6-7)12-8(2)9-3-4-9/h5-6,8-9H,3-4H2,1-2H3,(H,12,13). The van der Waals surface area contributed by atoms with Crippen molar-refractivity contribution >= 4 is 5.82 Å². The molecule has 70 valence electrons. The van der Waals surface area contributed by atoms with E-state index in [-0.39, 0.29) is 0 Å². The molecule has 0 saturated heterocycles. The van der Waals surface area contributed by atoms with Crippen molar-refractivity contribution in [2.75, 3.05) is 5.32 Å². The topological polar surface area (TPSA) is 37.8 Å². The molecule has 0 radical (unpaired) electrons. The van der Waals surface area contributed by atoms with Crippen LogP contribution in [-0.2, 0) is 0 Å². The second-order valence-corrected chi connectivity index (χ2v) is 3.89. The Balaban J connectivity index is 2.00. The van der Waals surface area contributed by atoms with E-state index in [4.69, 9.17) is 0 Å². The summed E-state index contributed by atoms with van der Waals surface area (Å²) in [5.41, 5.74) is 1.15. The third-order valence-electron chi connectivity index (χ3n) is 2.50. The van der Waals surface area contributed by atoms with Crippen LogP contribution in [0.25, 0.3) is 0 Å². The fourth-order valence-corrected chi connectivity index (χ4v) is 1.48. The average Bonchev–Trinajstić information content (AvgIpc) is 2.85. The molecule has 3 heteroatoms. The van der Waals surface area contributed by atoms with Gasteiger partial charge in [0, 0.05) is 6.04 Å². The maximum absolute atomic E-state index is 4.03. The Morgan fingerprint density at radius 1 is 1.54 bits per heavy atom. The van der Waals surface area contributed by atoms with E-state index in [0.717, 1.165) is 17.3 Å². The molecule has 0 amide bonds. The third-order valence-corrected chi connectivity index (χ3v) is 2.50. The van der Waals surface area contributed by atoms with Gasteiger partial charge in [0.05, 0.1) is 6.20 Å². The molecule has 1 unspecified atom stereocenters. The molecular weight excluding hydrogens is 162 g/mol. The lowest BCUT2D eigenvalue weighted by Crippen LogP contribution is -2.18. The highest BCUT2D eigenvalue weighted by molar-refractivity contribution is 5.36. The molecule has 1 fully saturated rings. The van der Waals surface area contributed by atoms with Gasteiger partial charge < -0.3 is 5.32 Å². The van der Waals surface area contributed by atoms with Crippen LogP contribution in [-0.4, -0.2) is 16.2 Å². The van der Waals surface area contributed by atoms with E-state index in [1.807, 2.05) is 13.0 Å². The smallest absolute Gasteiger partial charge is 0.149 e. The summed E-state index contributed by atoms with van der Waals surface area (Å²) in [6, 6.07) is 2.57. The van der Waals surface area contributed by atoms with E-state index in [0.29, 0.717) is 6.04 Å². The summed E-state index contributed by atoms with van der Waals surface area (Å²) >= 11 is 0. The minimum atomic E-state index is 0.538. The predicted molar refractivity (Wildman–Crippen MR) is 52.6 cm³/mol. The molecule has 1 aromatic heterocycles. The maximum atomic E-state index is 4.03.